The fourth-order valence-electron chi connectivity index (χ4n) is 6.93. The zero-order valence-electron chi connectivity index (χ0n) is 32.3. The molecule has 0 saturated carbocycles. The van der Waals surface area contributed by atoms with Crippen LogP contribution in [0.1, 0.15) is 70.2 Å². The maximum atomic E-state index is 14.2. The predicted molar refractivity (Wildman–Crippen MR) is 193 cm³/mol. The molecule has 1 aliphatic rings. The first-order valence-corrected chi connectivity index (χ1v) is 17.9. The van der Waals surface area contributed by atoms with Crippen molar-refractivity contribution in [2.75, 3.05) is 0 Å². The van der Waals surface area contributed by atoms with E-state index in [1.54, 1.807) is 0 Å². The topological polar surface area (TPSA) is 0 Å². The summed E-state index contributed by atoms with van der Waals surface area (Å²) >= 11 is 0. The van der Waals surface area contributed by atoms with E-state index >= 15 is 0 Å². The van der Waals surface area contributed by atoms with Gasteiger partial charge in [-0.1, -0.05) is 72.8 Å². The Balaban J connectivity index is 0.00000116. The molecule has 2 radical (unpaired) electrons. The second kappa shape index (κ2) is 19.3. The molecule has 26 heteroatoms. The number of hydrogen-bond donors (Lipinski definition) is 0. The van der Waals surface area contributed by atoms with E-state index in [2.05, 4.69) is 24.3 Å². The van der Waals surface area contributed by atoms with Gasteiger partial charge in [-0.05, 0) is 49.9 Å². The Kier molecular flexibility index (Phi) is 16.4. The average molecular weight is 1090 g/mol. The first-order chi connectivity index (χ1) is 29.3. The predicted octanol–water partition coefficient (Wildman–Crippen LogP) is 13.5. The quantitative estimate of drug-likeness (QED) is 0.109. The molecule has 358 valence electrons. The Labute approximate surface area is 375 Å². The number of allylic oxidation sites excluding steroid dienone is 4. The van der Waals surface area contributed by atoms with Gasteiger partial charge in [0.1, 0.15) is 6.15 Å². The number of hydrogen-bond acceptors (Lipinski definition) is 0. The van der Waals surface area contributed by atoms with Crippen molar-refractivity contribution in [3.05, 3.63) is 142 Å². The molecular formula is C40H24BF24In. The largest absolute Gasteiger partial charge is 1.00 e. The van der Waals surface area contributed by atoms with Gasteiger partial charge in [-0.2, -0.15) is 127 Å². The van der Waals surface area contributed by atoms with Gasteiger partial charge in [-0.15, -0.1) is 0 Å². The first-order valence-electron chi connectivity index (χ1n) is 17.9. The zero-order chi connectivity index (χ0) is 49.6. The Bertz CT molecular complexity index is 1920. The van der Waals surface area contributed by atoms with Crippen molar-refractivity contribution < 1.29 is 105 Å². The van der Waals surface area contributed by atoms with Crippen LogP contribution in [0.15, 0.2) is 97.1 Å². The van der Waals surface area contributed by atoms with Crippen LogP contribution in [0.3, 0.4) is 0 Å². The summed E-state index contributed by atoms with van der Waals surface area (Å²) in [6, 6.07) is -8.81. The Morgan fingerprint density at radius 1 is 0.227 bits per heavy atom. The van der Waals surface area contributed by atoms with E-state index < -0.39 is 195 Å². The SMILES string of the molecule is C1=CCC/C=C\CC1.FC(F)(F)c1cc([B-](c2cc(C(F)(F)F)cc(C(F)(F)F)c2)(c2cc(C(F)(F)F)cc(C(F)(F)F)c2)c2cc(C(F)(F)F)cc(C(F)(F)F)c2)cc(C(F)(F)F)c1.[In+]. The second-order valence-electron chi connectivity index (χ2n) is 14.3. The van der Waals surface area contributed by atoms with Crippen LogP contribution in [0.4, 0.5) is 105 Å². The van der Waals surface area contributed by atoms with Crippen LogP contribution in [0.25, 0.3) is 0 Å². The summed E-state index contributed by atoms with van der Waals surface area (Å²) in [5.41, 5.74) is -30.2. The van der Waals surface area contributed by atoms with Gasteiger partial charge in [0, 0.05) is 0 Å². The van der Waals surface area contributed by atoms with Crippen molar-refractivity contribution >= 4 is 53.8 Å². The Morgan fingerprint density at radius 2 is 0.348 bits per heavy atom. The zero-order valence-corrected chi connectivity index (χ0v) is 35.6. The van der Waals surface area contributed by atoms with Crippen molar-refractivity contribution in [1.82, 2.24) is 0 Å². The van der Waals surface area contributed by atoms with Gasteiger partial charge in [0.05, 0.1) is 44.5 Å². The third-order valence-electron chi connectivity index (χ3n) is 9.77. The standard InChI is InChI=1S/C32H12BF24.C8H12.In/c34-25(35,36)13-1-14(26(37,38)39)6-21(5-13)33(22-7-15(27(40,41)42)2-16(8-22)28(43,44)45,23-9-17(29(46,47)48)3-18(10-23)30(49,50)51)24-11-19(31(52,53)54)4-20(12-24)32(55,56)57;1-2-4-6-8-7-5-3-1;/h1-12H;1-2,7-8H,3-6H2;/q-1;;+1/b;2-1-,8-7?;. The van der Waals surface area contributed by atoms with E-state index in [1.165, 1.54) is 25.7 Å². The van der Waals surface area contributed by atoms with E-state index in [-0.39, 0.29) is 25.8 Å². The summed E-state index contributed by atoms with van der Waals surface area (Å²) in [6.45, 7) is 0. The molecule has 1 aliphatic carbocycles. The molecule has 0 spiro atoms. The minimum Gasteiger partial charge on any atom is -0.194 e. The van der Waals surface area contributed by atoms with E-state index in [4.69, 9.17) is 0 Å². The second-order valence-corrected chi connectivity index (χ2v) is 14.3. The van der Waals surface area contributed by atoms with Gasteiger partial charge in [-0.3, -0.25) is 0 Å². The Hall–Kier alpha value is -4.38. The van der Waals surface area contributed by atoms with Gasteiger partial charge >= 0.3 is 75.3 Å². The molecule has 0 amide bonds. The molecule has 0 fully saturated rings. The third-order valence-corrected chi connectivity index (χ3v) is 9.77. The molecule has 0 unspecified atom stereocenters. The average Bonchev–Trinajstić information content (AvgIpc) is 3.12. The van der Waals surface area contributed by atoms with Gasteiger partial charge in [-0.25, -0.2) is 0 Å². The van der Waals surface area contributed by atoms with Gasteiger partial charge in [0.25, 0.3) is 0 Å². The molecule has 4 aromatic rings. The smallest absolute Gasteiger partial charge is 0.194 e. The number of alkyl halides is 24. The molecule has 0 atom stereocenters. The van der Waals surface area contributed by atoms with Crippen LogP contribution in [0.2, 0.25) is 0 Å². The van der Waals surface area contributed by atoms with E-state index in [9.17, 15) is 105 Å². The normalized spacial score (nSPS) is 15.3. The molecule has 4 aromatic carbocycles. The molecule has 0 heterocycles. The molecule has 0 aromatic heterocycles. The molecule has 0 N–H and O–H groups in total. The van der Waals surface area contributed by atoms with E-state index in [0.29, 0.717) is 0 Å². The van der Waals surface area contributed by atoms with Gasteiger partial charge < -0.3 is 0 Å². The maximum Gasteiger partial charge on any atom is 1.00 e. The fourth-order valence-corrected chi connectivity index (χ4v) is 6.93. The summed E-state index contributed by atoms with van der Waals surface area (Å²) in [5, 5.41) is 0. The van der Waals surface area contributed by atoms with Crippen molar-refractivity contribution in [2.45, 2.75) is 75.1 Å². The van der Waals surface area contributed by atoms with Crippen LogP contribution < -0.4 is 21.9 Å². The number of benzene rings is 4. The van der Waals surface area contributed by atoms with Crippen molar-refractivity contribution in [2.24, 2.45) is 0 Å². The van der Waals surface area contributed by atoms with Crippen molar-refractivity contribution in [3.63, 3.8) is 0 Å². The van der Waals surface area contributed by atoms with Crippen molar-refractivity contribution in [1.29, 1.82) is 0 Å². The minimum atomic E-state index is -6.13. The monoisotopic (exact) mass is 1090 g/mol. The number of halogens is 24. The minimum absolute atomic E-state index is 0. The summed E-state index contributed by atoms with van der Waals surface area (Å²) in [7, 11) is 0. The first kappa shape index (κ1) is 55.9. The van der Waals surface area contributed by atoms with Crippen LogP contribution in [-0.4, -0.2) is 32.0 Å². The number of rotatable bonds is 4. The molecule has 0 bridgehead atoms. The fraction of sp³-hybridized carbons (Fsp3) is 0.300. The summed E-state index contributed by atoms with van der Waals surface area (Å²) in [4.78, 5) is 0. The molecular weight excluding hydrogens is 1060 g/mol. The van der Waals surface area contributed by atoms with Crippen LogP contribution in [0, 0.1) is 0 Å². The molecule has 5 rings (SSSR count). The van der Waals surface area contributed by atoms with Gasteiger partial charge in [0.15, 0.2) is 0 Å². The summed E-state index contributed by atoms with van der Waals surface area (Å²) in [6.07, 6.45) is -40.8. The van der Waals surface area contributed by atoms with Crippen molar-refractivity contribution in [3.8, 4) is 0 Å². The Morgan fingerprint density at radius 3 is 0.455 bits per heavy atom. The maximum absolute atomic E-state index is 14.2. The molecule has 0 saturated heterocycles. The summed E-state index contributed by atoms with van der Waals surface area (Å²) < 4.78 is 341. The molecule has 66 heavy (non-hydrogen) atoms. The van der Waals surface area contributed by atoms with E-state index in [1.807, 2.05) is 0 Å². The molecule has 0 nitrogen and oxygen atoms in total. The van der Waals surface area contributed by atoms with Crippen LogP contribution in [0.5, 0.6) is 0 Å². The third kappa shape index (κ3) is 13.4. The van der Waals surface area contributed by atoms with Crippen LogP contribution >= 0.6 is 0 Å². The van der Waals surface area contributed by atoms with E-state index in [0.717, 1.165) is 0 Å². The molecule has 0 aliphatic heterocycles. The van der Waals surface area contributed by atoms with Crippen LogP contribution in [-0.2, 0) is 49.4 Å². The van der Waals surface area contributed by atoms with Gasteiger partial charge in [0.2, 0.25) is 0 Å². The summed E-state index contributed by atoms with van der Waals surface area (Å²) in [5.74, 6) is 0.